The molecule has 1 aromatic rings. The predicted molar refractivity (Wildman–Crippen MR) is 81.7 cm³/mol. The topological polar surface area (TPSA) is 69.6 Å². The van der Waals surface area contributed by atoms with Gasteiger partial charge in [-0.25, -0.2) is 9.59 Å². The molecule has 1 saturated heterocycles. The van der Waals surface area contributed by atoms with Gasteiger partial charge in [-0.1, -0.05) is 19.9 Å². The summed E-state index contributed by atoms with van der Waals surface area (Å²) < 4.78 is 0. The summed E-state index contributed by atoms with van der Waals surface area (Å²) in [6, 6.07) is 4.88. The van der Waals surface area contributed by atoms with Crippen LogP contribution in [0.15, 0.2) is 18.2 Å². The molecular formula is C16H22N2O3. The van der Waals surface area contributed by atoms with Crippen LogP contribution in [0.5, 0.6) is 0 Å². The molecule has 114 valence electrons. The maximum Gasteiger partial charge on any atom is 0.335 e. The number of urea groups is 1. The summed E-state index contributed by atoms with van der Waals surface area (Å²) in [6.07, 6.45) is 2.05. The molecule has 0 saturated carbocycles. The molecule has 1 aliphatic rings. The zero-order valence-corrected chi connectivity index (χ0v) is 12.7. The highest BCUT2D eigenvalue weighted by atomic mass is 16.4. The Kier molecular flexibility index (Phi) is 4.50. The van der Waals surface area contributed by atoms with Crippen molar-refractivity contribution in [3.8, 4) is 0 Å². The van der Waals surface area contributed by atoms with Gasteiger partial charge in [-0.05, 0) is 43.4 Å². The summed E-state index contributed by atoms with van der Waals surface area (Å²) in [7, 11) is 0. The van der Waals surface area contributed by atoms with Crippen LogP contribution in [-0.4, -0.2) is 34.6 Å². The van der Waals surface area contributed by atoms with Gasteiger partial charge in [0.15, 0.2) is 0 Å². The number of benzene rings is 1. The third-order valence-corrected chi connectivity index (χ3v) is 4.06. The van der Waals surface area contributed by atoms with Crippen molar-refractivity contribution >= 4 is 17.7 Å². The van der Waals surface area contributed by atoms with Crippen LogP contribution in [0, 0.1) is 12.8 Å². The number of hydrogen-bond acceptors (Lipinski definition) is 2. The highest BCUT2D eigenvalue weighted by molar-refractivity contribution is 5.94. The largest absolute Gasteiger partial charge is 0.478 e. The van der Waals surface area contributed by atoms with Crippen molar-refractivity contribution in [2.24, 2.45) is 5.92 Å². The fourth-order valence-corrected chi connectivity index (χ4v) is 2.81. The number of rotatable bonds is 3. The minimum Gasteiger partial charge on any atom is -0.478 e. The van der Waals surface area contributed by atoms with E-state index in [1.165, 1.54) is 6.07 Å². The normalized spacial score (nSPS) is 18.1. The van der Waals surface area contributed by atoms with E-state index in [0.717, 1.165) is 24.9 Å². The van der Waals surface area contributed by atoms with Gasteiger partial charge in [0.05, 0.1) is 5.56 Å². The number of amides is 2. The maximum absolute atomic E-state index is 12.4. The Morgan fingerprint density at radius 2 is 2.10 bits per heavy atom. The lowest BCUT2D eigenvalue weighted by atomic mass is 10.0. The summed E-state index contributed by atoms with van der Waals surface area (Å²) in [6.45, 7) is 6.84. The van der Waals surface area contributed by atoms with Gasteiger partial charge in [0, 0.05) is 18.3 Å². The van der Waals surface area contributed by atoms with Gasteiger partial charge in [-0.2, -0.15) is 0 Å². The number of hydrogen-bond donors (Lipinski definition) is 2. The average Bonchev–Trinajstić information content (AvgIpc) is 2.90. The Morgan fingerprint density at radius 3 is 2.71 bits per heavy atom. The summed E-state index contributed by atoms with van der Waals surface area (Å²) in [5.41, 5.74) is 1.60. The monoisotopic (exact) mass is 290 g/mol. The van der Waals surface area contributed by atoms with Crippen LogP contribution in [0.2, 0.25) is 0 Å². The number of anilines is 1. The third kappa shape index (κ3) is 3.35. The van der Waals surface area contributed by atoms with Gasteiger partial charge in [0.1, 0.15) is 0 Å². The lowest BCUT2D eigenvalue weighted by Crippen LogP contribution is -2.41. The average molecular weight is 290 g/mol. The molecule has 5 heteroatoms. The summed E-state index contributed by atoms with van der Waals surface area (Å²) in [5.74, 6) is -0.573. The molecule has 0 aliphatic carbocycles. The van der Waals surface area contributed by atoms with Crippen molar-refractivity contribution in [1.82, 2.24) is 4.90 Å². The molecular weight excluding hydrogens is 268 g/mol. The zero-order chi connectivity index (χ0) is 15.6. The van der Waals surface area contributed by atoms with Crippen LogP contribution in [-0.2, 0) is 0 Å². The molecule has 1 unspecified atom stereocenters. The Morgan fingerprint density at radius 1 is 1.38 bits per heavy atom. The molecule has 0 spiro atoms. The number of carbonyl (C=O) groups excluding carboxylic acids is 1. The first-order valence-electron chi connectivity index (χ1n) is 7.31. The smallest absolute Gasteiger partial charge is 0.335 e. The van der Waals surface area contributed by atoms with Crippen molar-refractivity contribution in [2.45, 2.75) is 39.7 Å². The predicted octanol–water partition coefficient (Wildman–Crippen LogP) is 3.35. The molecule has 1 heterocycles. The van der Waals surface area contributed by atoms with Crippen molar-refractivity contribution in [1.29, 1.82) is 0 Å². The number of aryl methyl sites for hydroxylation is 1. The molecule has 1 fully saturated rings. The highest BCUT2D eigenvalue weighted by Crippen LogP contribution is 2.25. The van der Waals surface area contributed by atoms with E-state index in [1.54, 1.807) is 12.1 Å². The quantitative estimate of drug-likeness (QED) is 0.897. The van der Waals surface area contributed by atoms with Crippen molar-refractivity contribution in [3.05, 3.63) is 29.3 Å². The van der Waals surface area contributed by atoms with Crippen molar-refractivity contribution in [3.63, 3.8) is 0 Å². The molecule has 0 radical (unpaired) electrons. The van der Waals surface area contributed by atoms with E-state index >= 15 is 0 Å². The molecule has 5 nitrogen and oxygen atoms in total. The number of likely N-dealkylation sites (tertiary alicyclic amines) is 1. The van der Waals surface area contributed by atoms with Gasteiger partial charge < -0.3 is 15.3 Å². The lowest BCUT2D eigenvalue weighted by Gasteiger charge is -2.28. The van der Waals surface area contributed by atoms with Crippen molar-refractivity contribution in [2.75, 3.05) is 11.9 Å². The van der Waals surface area contributed by atoms with E-state index in [2.05, 4.69) is 19.2 Å². The third-order valence-electron chi connectivity index (χ3n) is 4.06. The number of carboxylic acids is 1. The van der Waals surface area contributed by atoms with E-state index < -0.39 is 5.97 Å². The summed E-state index contributed by atoms with van der Waals surface area (Å²) >= 11 is 0. The second kappa shape index (κ2) is 6.16. The molecule has 0 aromatic heterocycles. The molecule has 2 N–H and O–H groups in total. The highest BCUT2D eigenvalue weighted by Gasteiger charge is 2.30. The Hall–Kier alpha value is -2.04. The van der Waals surface area contributed by atoms with E-state index in [0.29, 0.717) is 11.6 Å². The van der Waals surface area contributed by atoms with E-state index in [9.17, 15) is 9.59 Å². The van der Waals surface area contributed by atoms with Crippen LogP contribution >= 0.6 is 0 Å². The Balaban J connectivity index is 2.16. The van der Waals surface area contributed by atoms with Crippen LogP contribution < -0.4 is 5.32 Å². The van der Waals surface area contributed by atoms with Crippen LogP contribution in [0.3, 0.4) is 0 Å². The molecule has 2 rings (SSSR count). The van der Waals surface area contributed by atoms with Gasteiger partial charge in [0.2, 0.25) is 0 Å². The van der Waals surface area contributed by atoms with Gasteiger partial charge in [-0.3, -0.25) is 0 Å². The summed E-state index contributed by atoms with van der Waals surface area (Å²) in [4.78, 5) is 25.3. The zero-order valence-electron chi connectivity index (χ0n) is 12.7. The molecule has 1 atom stereocenters. The standard InChI is InChI=1S/C16H22N2O3/c1-10(2)14-5-4-8-18(14)16(21)17-13-9-12(15(19)20)7-6-11(13)3/h6-7,9-10,14H,4-5,8H2,1-3H3,(H,17,21)(H,19,20). The lowest BCUT2D eigenvalue weighted by molar-refractivity contribution is 0.0697. The van der Waals surface area contributed by atoms with Gasteiger partial charge in [0.25, 0.3) is 0 Å². The number of aromatic carboxylic acids is 1. The van der Waals surface area contributed by atoms with E-state index in [-0.39, 0.29) is 17.6 Å². The molecule has 2 amide bonds. The number of carbonyl (C=O) groups is 2. The van der Waals surface area contributed by atoms with Gasteiger partial charge in [-0.15, -0.1) is 0 Å². The minimum absolute atomic E-state index is 0.142. The number of nitrogens with one attached hydrogen (secondary N) is 1. The van der Waals surface area contributed by atoms with Crippen LogP contribution in [0.1, 0.15) is 42.6 Å². The SMILES string of the molecule is Cc1ccc(C(=O)O)cc1NC(=O)N1CCCC1C(C)C. The molecule has 21 heavy (non-hydrogen) atoms. The number of carboxylic acid groups (broad SMARTS) is 1. The Bertz CT molecular complexity index is 554. The van der Waals surface area contributed by atoms with Crippen LogP contribution in [0.25, 0.3) is 0 Å². The Labute approximate surface area is 125 Å². The molecule has 1 aromatic carbocycles. The summed E-state index contributed by atoms with van der Waals surface area (Å²) in [5, 5.41) is 11.9. The minimum atomic E-state index is -0.994. The first-order chi connectivity index (χ1) is 9.90. The second-order valence-electron chi connectivity index (χ2n) is 5.91. The van der Waals surface area contributed by atoms with Crippen molar-refractivity contribution < 1.29 is 14.7 Å². The van der Waals surface area contributed by atoms with E-state index in [1.807, 2.05) is 11.8 Å². The first-order valence-corrected chi connectivity index (χ1v) is 7.31. The van der Waals surface area contributed by atoms with Crippen LogP contribution in [0.4, 0.5) is 10.5 Å². The fraction of sp³-hybridized carbons (Fsp3) is 0.500. The van der Waals surface area contributed by atoms with E-state index in [4.69, 9.17) is 5.11 Å². The molecule has 0 bridgehead atoms. The molecule has 1 aliphatic heterocycles. The number of nitrogens with zero attached hydrogens (tertiary/aromatic N) is 1. The fourth-order valence-electron chi connectivity index (χ4n) is 2.81. The second-order valence-corrected chi connectivity index (χ2v) is 5.91. The van der Waals surface area contributed by atoms with Gasteiger partial charge >= 0.3 is 12.0 Å². The maximum atomic E-state index is 12.4. The first kappa shape index (κ1) is 15.4.